The van der Waals surface area contributed by atoms with Gasteiger partial charge < -0.3 is 5.32 Å². The molecule has 0 aromatic carbocycles. The molecule has 0 atom stereocenters. The molecule has 0 amide bonds. The molecule has 7 nitrogen and oxygen atoms in total. The van der Waals surface area contributed by atoms with Gasteiger partial charge in [-0.1, -0.05) is 0 Å². The van der Waals surface area contributed by atoms with Gasteiger partial charge >= 0.3 is 0 Å². The second kappa shape index (κ2) is 5.30. The van der Waals surface area contributed by atoms with E-state index in [0.717, 1.165) is 0 Å². The minimum atomic E-state index is -0.160. The van der Waals surface area contributed by atoms with E-state index in [-0.39, 0.29) is 11.6 Å². The van der Waals surface area contributed by atoms with Crippen LogP contribution in [0, 0.1) is 0 Å². The van der Waals surface area contributed by atoms with Crippen molar-refractivity contribution in [3.8, 4) is 0 Å². The van der Waals surface area contributed by atoms with Crippen molar-refractivity contribution in [1.82, 2.24) is 25.0 Å². The van der Waals surface area contributed by atoms with Crippen LogP contribution in [0.4, 0.5) is 5.69 Å². The first-order chi connectivity index (χ1) is 8.59. The molecule has 0 radical (unpaired) electrons. The van der Waals surface area contributed by atoms with E-state index in [1.807, 2.05) is 13.8 Å². The van der Waals surface area contributed by atoms with E-state index in [1.54, 1.807) is 6.20 Å². The molecule has 2 N–H and O–H groups in total. The Morgan fingerprint density at radius 3 is 2.94 bits per heavy atom. The molecule has 0 aliphatic rings. The van der Waals surface area contributed by atoms with Crippen LogP contribution in [0.2, 0.25) is 0 Å². The molecule has 0 fully saturated rings. The number of nitrogens with one attached hydrogen (secondary N) is 2. The Hall–Kier alpha value is -1.70. The molecule has 2 aromatic heterocycles. The second-order valence-corrected chi connectivity index (χ2v) is 4.79. The van der Waals surface area contributed by atoms with E-state index < -0.39 is 0 Å². The molecule has 18 heavy (non-hydrogen) atoms. The molecular formula is C10H13BrN6O. The lowest BCUT2D eigenvalue weighted by molar-refractivity contribution is 0.501. The van der Waals surface area contributed by atoms with Gasteiger partial charge in [-0.3, -0.25) is 9.89 Å². The Kier molecular flexibility index (Phi) is 3.75. The molecule has 96 valence electrons. The van der Waals surface area contributed by atoms with Gasteiger partial charge in [-0.05, 0) is 29.8 Å². The summed E-state index contributed by atoms with van der Waals surface area (Å²) in [5.74, 6) is 0.690. The summed E-state index contributed by atoms with van der Waals surface area (Å²) in [7, 11) is 0. The van der Waals surface area contributed by atoms with E-state index in [9.17, 15) is 4.79 Å². The van der Waals surface area contributed by atoms with Crippen LogP contribution in [-0.4, -0.2) is 25.0 Å². The normalized spacial score (nSPS) is 10.9. The smallest absolute Gasteiger partial charge is 0.283 e. The monoisotopic (exact) mass is 312 g/mol. The number of anilines is 1. The molecule has 2 heterocycles. The van der Waals surface area contributed by atoms with Crippen molar-refractivity contribution in [2.75, 3.05) is 5.32 Å². The molecule has 0 bridgehead atoms. The topological polar surface area (TPSA) is 88.5 Å². The van der Waals surface area contributed by atoms with Gasteiger partial charge in [0.1, 0.15) is 16.6 Å². The molecule has 0 aliphatic carbocycles. The molecule has 0 unspecified atom stereocenters. The molecule has 0 spiro atoms. The zero-order valence-corrected chi connectivity index (χ0v) is 11.6. The van der Waals surface area contributed by atoms with Crippen molar-refractivity contribution >= 4 is 21.6 Å². The maximum absolute atomic E-state index is 12.0. The van der Waals surface area contributed by atoms with E-state index >= 15 is 0 Å². The molecular weight excluding hydrogens is 300 g/mol. The van der Waals surface area contributed by atoms with Crippen molar-refractivity contribution in [3.63, 3.8) is 0 Å². The van der Waals surface area contributed by atoms with Gasteiger partial charge in [-0.25, -0.2) is 9.67 Å². The maximum Gasteiger partial charge on any atom is 0.283 e. The van der Waals surface area contributed by atoms with Crippen LogP contribution in [0.25, 0.3) is 0 Å². The van der Waals surface area contributed by atoms with Crippen LogP contribution in [0.15, 0.2) is 21.8 Å². The molecule has 0 saturated carbocycles. The van der Waals surface area contributed by atoms with E-state index in [4.69, 9.17) is 0 Å². The molecule has 2 rings (SSSR count). The van der Waals surface area contributed by atoms with Crippen LogP contribution < -0.4 is 10.9 Å². The van der Waals surface area contributed by atoms with Gasteiger partial charge in [0.15, 0.2) is 0 Å². The summed E-state index contributed by atoms with van der Waals surface area (Å²) in [6.45, 7) is 4.26. The minimum absolute atomic E-state index is 0.0251. The average molecular weight is 313 g/mol. The zero-order valence-electron chi connectivity index (χ0n) is 10.0. The van der Waals surface area contributed by atoms with Gasteiger partial charge in [-0.15, -0.1) is 0 Å². The third kappa shape index (κ3) is 2.58. The molecule has 0 saturated heterocycles. The van der Waals surface area contributed by atoms with Crippen LogP contribution in [0.1, 0.15) is 25.7 Å². The third-order valence-electron chi connectivity index (χ3n) is 2.34. The Bertz CT molecular complexity index is 577. The predicted molar refractivity (Wildman–Crippen MR) is 70.3 cm³/mol. The number of halogens is 1. The number of nitrogens with zero attached hydrogens (tertiary/aromatic N) is 4. The van der Waals surface area contributed by atoms with E-state index in [1.165, 1.54) is 11.0 Å². The first-order valence-corrected chi connectivity index (χ1v) is 6.24. The van der Waals surface area contributed by atoms with Crippen molar-refractivity contribution in [1.29, 1.82) is 0 Å². The fraction of sp³-hybridized carbons (Fsp3) is 0.400. The van der Waals surface area contributed by atoms with Crippen molar-refractivity contribution in [2.45, 2.75) is 26.4 Å². The number of aromatic amines is 1. The van der Waals surface area contributed by atoms with Gasteiger partial charge in [0.2, 0.25) is 0 Å². The zero-order chi connectivity index (χ0) is 13.1. The third-order valence-corrected chi connectivity index (χ3v) is 3.11. The van der Waals surface area contributed by atoms with Gasteiger partial charge in [0.05, 0.1) is 24.5 Å². The van der Waals surface area contributed by atoms with E-state index in [2.05, 4.69) is 41.5 Å². The van der Waals surface area contributed by atoms with Crippen LogP contribution in [0.3, 0.4) is 0 Å². The summed E-state index contributed by atoms with van der Waals surface area (Å²) in [5.41, 5.74) is 0.473. The molecule has 0 aliphatic heterocycles. The summed E-state index contributed by atoms with van der Waals surface area (Å²) in [6.07, 6.45) is 3.04. The highest BCUT2D eigenvalue weighted by molar-refractivity contribution is 9.10. The van der Waals surface area contributed by atoms with Crippen molar-refractivity contribution < 1.29 is 0 Å². The van der Waals surface area contributed by atoms with Gasteiger partial charge in [0.25, 0.3) is 5.56 Å². The quantitative estimate of drug-likeness (QED) is 0.888. The van der Waals surface area contributed by atoms with E-state index in [0.29, 0.717) is 22.5 Å². The van der Waals surface area contributed by atoms with Crippen molar-refractivity contribution in [2.24, 2.45) is 0 Å². The summed E-state index contributed by atoms with van der Waals surface area (Å²) >= 11 is 3.28. The summed E-state index contributed by atoms with van der Waals surface area (Å²) < 4.78 is 1.88. The lowest BCUT2D eigenvalue weighted by atomic mass is 10.4. The molecule has 8 heteroatoms. The van der Waals surface area contributed by atoms with Crippen molar-refractivity contribution in [3.05, 3.63) is 33.2 Å². The summed E-state index contributed by atoms with van der Waals surface area (Å²) in [6, 6.07) is 0.0251. The summed E-state index contributed by atoms with van der Waals surface area (Å²) in [4.78, 5) is 16.0. The van der Waals surface area contributed by atoms with Gasteiger partial charge in [0, 0.05) is 0 Å². The maximum atomic E-state index is 12.0. The highest BCUT2D eigenvalue weighted by Crippen LogP contribution is 2.17. The Morgan fingerprint density at radius 1 is 1.56 bits per heavy atom. The fourth-order valence-electron chi connectivity index (χ4n) is 1.43. The Labute approximate surface area is 112 Å². The van der Waals surface area contributed by atoms with Crippen LogP contribution in [0.5, 0.6) is 0 Å². The second-order valence-electron chi connectivity index (χ2n) is 4.00. The Morgan fingerprint density at radius 2 is 2.33 bits per heavy atom. The standard InChI is InChI=1S/C10H13BrN6O/c1-6(2)17-10(18)9(11)7(3-15-17)12-4-8-13-5-14-16-8/h3,5-6,12H,4H2,1-2H3,(H,13,14,16). The summed E-state index contributed by atoms with van der Waals surface area (Å²) in [5, 5.41) is 13.6. The largest absolute Gasteiger partial charge is 0.375 e. The molecule has 2 aromatic rings. The predicted octanol–water partition coefficient (Wildman–Crippen LogP) is 1.32. The highest BCUT2D eigenvalue weighted by Gasteiger charge is 2.10. The fourth-order valence-corrected chi connectivity index (χ4v) is 1.86. The highest BCUT2D eigenvalue weighted by atomic mass is 79.9. The average Bonchev–Trinajstić information content (AvgIpc) is 2.83. The number of H-pyrrole nitrogens is 1. The number of aromatic nitrogens is 5. The lowest BCUT2D eigenvalue weighted by Gasteiger charge is -2.11. The minimum Gasteiger partial charge on any atom is -0.375 e. The van der Waals surface area contributed by atoms with Gasteiger partial charge in [-0.2, -0.15) is 10.2 Å². The number of rotatable bonds is 4. The Balaban J connectivity index is 2.20. The SMILES string of the molecule is CC(C)n1ncc(NCc2ncn[nH]2)c(Br)c1=O. The number of hydrogen-bond donors (Lipinski definition) is 2. The van der Waals surface area contributed by atoms with Crippen LogP contribution >= 0.6 is 15.9 Å². The first kappa shape index (κ1) is 12.7. The first-order valence-electron chi connectivity index (χ1n) is 5.45. The lowest BCUT2D eigenvalue weighted by Crippen LogP contribution is -2.26. The number of hydrogen-bond acceptors (Lipinski definition) is 5. The van der Waals surface area contributed by atoms with Crippen LogP contribution in [-0.2, 0) is 6.54 Å².